The molecule has 0 saturated carbocycles. The zero-order valence-corrected chi connectivity index (χ0v) is 12.7. The molecule has 104 valence electrons. The lowest BCUT2D eigenvalue weighted by atomic mass is 9.90. The van der Waals surface area contributed by atoms with Crippen LogP contribution in [0, 0.1) is 5.41 Å². The molecule has 0 amide bonds. The summed E-state index contributed by atoms with van der Waals surface area (Å²) >= 11 is 3.47. The molecule has 1 saturated heterocycles. The monoisotopic (exact) mass is 334 g/mol. The molecule has 5 heteroatoms. The van der Waals surface area contributed by atoms with Crippen LogP contribution in [0.4, 0.5) is 5.82 Å². The highest BCUT2D eigenvalue weighted by atomic mass is 79.9. The SMILES string of the molecule is CC1(C(=O)O)CCN(c2nccc3cc(Br)ccc23)C1. The largest absolute Gasteiger partial charge is 0.481 e. The second kappa shape index (κ2) is 4.74. The number of fused-ring (bicyclic) bond motifs is 1. The van der Waals surface area contributed by atoms with Crippen molar-refractivity contribution in [1.29, 1.82) is 0 Å². The Morgan fingerprint density at radius 2 is 2.25 bits per heavy atom. The van der Waals surface area contributed by atoms with Crippen molar-refractivity contribution in [3.05, 3.63) is 34.9 Å². The second-order valence-corrected chi connectivity index (χ2v) is 6.45. The standard InChI is InChI=1S/C15H15BrN2O2/c1-15(14(19)20)5-7-18(9-15)13-12-3-2-11(16)8-10(12)4-6-17-13/h2-4,6,8H,5,7,9H2,1H3,(H,19,20). The molecule has 4 nitrogen and oxygen atoms in total. The van der Waals surface area contributed by atoms with Crippen LogP contribution in [0.2, 0.25) is 0 Å². The van der Waals surface area contributed by atoms with Gasteiger partial charge in [0.2, 0.25) is 0 Å². The molecule has 1 unspecified atom stereocenters. The van der Waals surface area contributed by atoms with Gasteiger partial charge in [-0.3, -0.25) is 4.79 Å². The van der Waals surface area contributed by atoms with Crippen LogP contribution in [0.25, 0.3) is 10.8 Å². The van der Waals surface area contributed by atoms with Gasteiger partial charge in [-0.1, -0.05) is 15.9 Å². The first-order chi connectivity index (χ1) is 9.49. The normalized spacial score (nSPS) is 22.4. The molecule has 0 bridgehead atoms. The molecule has 2 aromatic rings. The number of pyridine rings is 1. The number of aromatic nitrogens is 1. The summed E-state index contributed by atoms with van der Waals surface area (Å²) in [5.41, 5.74) is -0.681. The Kier molecular flexibility index (Phi) is 3.17. The summed E-state index contributed by atoms with van der Waals surface area (Å²) in [5, 5.41) is 11.5. The van der Waals surface area contributed by atoms with E-state index < -0.39 is 11.4 Å². The molecular weight excluding hydrogens is 320 g/mol. The highest BCUT2D eigenvalue weighted by Crippen LogP contribution is 2.35. The van der Waals surface area contributed by atoms with Crippen molar-refractivity contribution in [3.8, 4) is 0 Å². The van der Waals surface area contributed by atoms with Crippen LogP contribution in [0.1, 0.15) is 13.3 Å². The predicted molar refractivity (Wildman–Crippen MR) is 82.0 cm³/mol. The number of anilines is 1. The van der Waals surface area contributed by atoms with Crippen molar-refractivity contribution < 1.29 is 9.90 Å². The summed E-state index contributed by atoms with van der Waals surface area (Å²) in [4.78, 5) is 17.9. The van der Waals surface area contributed by atoms with Gasteiger partial charge in [0.05, 0.1) is 5.41 Å². The average Bonchev–Trinajstić information content (AvgIpc) is 2.81. The quantitative estimate of drug-likeness (QED) is 0.915. The lowest BCUT2D eigenvalue weighted by Gasteiger charge is -2.22. The molecule has 1 aliphatic heterocycles. The van der Waals surface area contributed by atoms with E-state index in [9.17, 15) is 9.90 Å². The minimum absolute atomic E-state index is 0.504. The Labute approximate surface area is 125 Å². The van der Waals surface area contributed by atoms with Gasteiger partial charge < -0.3 is 10.0 Å². The van der Waals surface area contributed by atoms with Crippen LogP contribution >= 0.6 is 15.9 Å². The molecule has 0 aliphatic carbocycles. The van der Waals surface area contributed by atoms with Gasteiger partial charge in [0.1, 0.15) is 5.82 Å². The first-order valence-corrected chi connectivity index (χ1v) is 7.31. The Hall–Kier alpha value is -1.62. The third-order valence-corrected chi connectivity index (χ3v) is 4.49. The molecule has 1 aromatic heterocycles. The zero-order valence-electron chi connectivity index (χ0n) is 11.1. The minimum atomic E-state index is -0.733. The summed E-state index contributed by atoms with van der Waals surface area (Å²) in [6.45, 7) is 3.03. The van der Waals surface area contributed by atoms with Crippen molar-refractivity contribution in [2.45, 2.75) is 13.3 Å². The number of hydrogen-bond donors (Lipinski definition) is 1. The van der Waals surface area contributed by atoms with Gasteiger partial charge in [-0.15, -0.1) is 0 Å². The minimum Gasteiger partial charge on any atom is -0.481 e. The number of aliphatic carboxylic acids is 1. The number of carboxylic acids is 1. The fourth-order valence-electron chi connectivity index (χ4n) is 2.70. The van der Waals surface area contributed by atoms with Crippen molar-refractivity contribution in [2.75, 3.05) is 18.0 Å². The smallest absolute Gasteiger partial charge is 0.311 e. The Balaban J connectivity index is 2.02. The lowest BCUT2D eigenvalue weighted by molar-refractivity contribution is -0.146. The van der Waals surface area contributed by atoms with Crippen LogP contribution in [0.3, 0.4) is 0 Å². The van der Waals surface area contributed by atoms with Crippen LogP contribution < -0.4 is 4.90 Å². The van der Waals surface area contributed by atoms with Gasteiger partial charge in [-0.25, -0.2) is 4.98 Å². The number of rotatable bonds is 2. The molecule has 3 rings (SSSR count). The van der Waals surface area contributed by atoms with Crippen molar-refractivity contribution in [3.63, 3.8) is 0 Å². The fourth-order valence-corrected chi connectivity index (χ4v) is 3.08. The lowest BCUT2D eigenvalue weighted by Crippen LogP contribution is -2.32. The number of nitrogens with zero attached hydrogens (tertiary/aromatic N) is 2. The summed E-state index contributed by atoms with van der Waals surface area (Å²) < 4.78 is 1.03. The first kappa shape index (κ1) is 13.4. The van der Waals surface area contributed by atoms with Crippen molar-refractivity contribution in [1.82, 2.24) is 4.98 Å². The molecule has 0 spiro atoms. The number of benzene rings is 1. The van der Waals surface area contributed by atoms with E-state index in [1.54, 1.807) is 13.1 Å². The first-order valence-electron chi connectivity index (χ1n) is 6.52. The second-order valence-electron chi connectivity index (χ2n) is 5.54. The maximum Gasteiger partial charge on any atom is 0.311 e. The van der Waals surface area contributed by atoms with Crippen molar-refractivity contribution >= 4 is 38.5 Å². The van der Waals surface area contributed by atoms with Crippen LogP contribution in [-0.2, 0) is 4.79 Å². The van der Waals surface area contributed by atoms with Crippen molar-refractivity contribution in [2.24, 2.45) is 5.41 Å². The molecule has 20 heavy (non-hydrogen) atoms. The third kappa shape index (κ3) is 2.16. The molecular formula is C15H15BrN2O2. The van der Waals surface area contributed by atoms with Crippen LogP contribution in [0.15, 0.2) is 34.9 Å². The van der Waals surface area contributed by atoms with Crippen LogP contribution in [0.5, 0.6) is 0 Å². The molecule has 1 aliphatic rings. The predicted octanol–water partition coefficient (Wildman–Crippen LogP) is 3.30. The van der Waals surface area contributed by atoms with Gasteiger partial charge in [-0.2, -0.15) is 0 Å². The van der Waals surface area contributed by atoms with E-state index in [1.165, 1.54) is 0 Å². The van der Waals surface area contributed by atoms with E-state index in [-0.39, 0.29) is 0 Å². The number of carboxylic acid groups (broad SMARTS) is 1. The molecule has 2 heterocycles. The Morgan fingerprint density at radius 3 is 2.95 bits per heavy atom. The third-order valence-electron chi connectivity index (χ3n) is 3.99. The highest BCUT2D eigenvalue weighted by molar-refractivity contribution is 9.10. The number of halogens is 1. The summed E-state index contributed by atoms with van der Waals surface area (Å²) in [7, 11) is 0. The van der Waals surface area contributed by atoms with Gasteiger partial charge in [0.15, 0.2) is 0 Å². The number of carbonyl (C=O) groups is 1. The Morgan fingerprint density at radius 1 is 1.45 bits per heavy atom. The molecule has 1 fully saturated rings. The summed E-state index contributed by atoms with van der Waals surface area (Å²) in [5.74, 6) is 0.142. The van der Waals surface area contributed by atoms with Gasteiger partial charge in [0, 0.05) is 29.1 Å². The van der Waals surface area contributed by atoms with E-state index in [0.717, 1.165) is 27.6 Å². The van der Waals surface area contributed by atoms with Gasteiger partial charge >= 0.3 is 5.97 Å². The van der Waals surface area contributed by atoms with E-state index in [4.69, 9.17) is 0 Å². The molecule has 1 atom stereocenters. The topological polar surface area (TPSA) is 53.4 Å². The van der Waals surface area contributed by atoms with E-state index in [2.05, 4.69) is 25.8 Å². The van der Waals surface area contributed by atoms with E-state index in [1.807, 2.05) is 24.3 Å². The highest BCUT2D eigenvalue weighted by Gasteiger charge is 2.41. The van der Waals surface area contributed by atoms with Crippen LogP contribution in [-0.4, -0.2) is 29.1 Å². The molecule has 1 aromatic carbocycles. The van der Waals surface area contributed by atoms with Gasteiger partial charge in [0.25, 0.3) is 0 Å². The maximum absolute atomic E-state index is 11.4. The molecule has 1 N–H and O–H groups in total. The molecule has 0 radical (unpaired) electrons. The zero-order chi connectivity index (χ0) is 14.3. The van der Waals surface area contributed by atoms with Gasteiger partial charge in [-0.05, 0) is 43.0 Å². The summed E-state index contributed by atoms with van der Waals surface area (Å²) in [6.07, 6.45) is 2.43. The van der Waals surface area contributed by atoms with E-state index >= 15 is 0 Å². The Bertz CT molecular complexity index is 689. The number of hydrogen-bond acceptors (Lipinski definition) is 3. The maximum atomic E-state index is 11.4. The fraction of sp³-hybridized carbons (Fsp3) is 0.333. The average molecular weight is 335 g/mol. The van der Waals surface area contributed by atoms with E-state index in [0.29, 0.717) is 13.0 Å². The summed E-state index contributed by atoms with van der Waals surface area (Å²) in [6, 6.07) is 8.03.